The Morgan fingerprint density at radius 3 is 3.06 bits per heavy atom. The molecule has 0 fully saturated rings. The van der Waals surface area contributed by atoms with E-state index in [4.69, 9.17) is 11.6 Å². The third-order valence-corrected chi connectivity index (χ3v) is 3.30. The van der Waals surface area contributed by atoms with Gasteiger partial charge in [0, 0.05) is 16.9 Å². The summed E-state index contributed by atoms with van der Waals surface area (Å²) in [6.07, 6.45) is 1.86. The van der Waals surface area contributed by atoms with Crippen molar-refractivity contribution in [2.24, 2.45) is 0 Å². The van der Waals surface area contributed by atoms with Crippen LogP contribution in [0.25, 0.3) is 0 Å². The van der Waals surface area contributed by atoms with Crippen LogP contribution in [0.1, 0.15) is 22.5 Å². The minimum absolute atomic E-state index is 0.175. The second kappa shape index (κ2) is 6.52. The molecule has 2 aromatic rings. The lowest BCUT2D eigenvalue weighted by Gasteiger charge is -2.05. The van der Waals surface area contributed by atoms with Gasteiger partial charge in [0.25, 0.3) is 5.91 Å². The Labute approximate surface area is 115 Å². The Bertz CT molecular complexity index is 513. The number of benzene rings is 1. The number of thiazole rings is 1. The molecule has 0 aliphatic heterocycles. The first-order chi connectivity index (χ1) is 8.79. The minimum atomic E-state index is -0.175. The number of nitrogens with zero attached hydrogens (tertiary/aromatic N) is 1. The van der Waals surface area contributed by atoms with Gasteiger partial charge in [-0.1, -0.05) is 12.1 Å². The average molecular weight is 281 g/mol. The fourth-order valence-corrected chi connectivity index (χ4v) is 2.26. The molecule has 1 aromatic heterocycles. The van der Waals surface area contributed by atoms with Crippen LogP contribution >= 0.6 is 22.9 Å². The molecule has 1 aromatic carbocycles. The number of carbonyl (C=O) groups is 1. The Morgan fingerprint density at radius 1 is 1.44 bits per heavy atom. The van der Waals surface area contributed by atoms with Crippen molar-refractivity contribution in [3.63, 3.8) is 0 Å². The number of nitrogens with one attached hydrogen (secondary N) is 1. The summed E-state index contributed by atoms with van der Waals surface area (Å²) >= 11 is 7.07. The van der Waals surface area contributed by atoms with Gasteiger partial charge in [-0.25, -0.2) is 4.98 Å². The lowest BCUT2D eigenvalue weighted by molar-refractivity contribution is 0.102. The maximum absolute atomic E-state index is 11.8. The quantitative estimate of drug-likeness (QED) is 0.851. The Kier molecular flexibility index (Phi) is 4.73. The van der Waals surface area contributed by atoms with Crippen molar-refractivity contribution in [2.45, 2.75) is 12.8 Å². The first kappa shape index (κ1) is 13.1. The highest BCUT2D eigenvalue weighted by atomic mass is 35.5. The number of hydrogen-bond acceptors (Lipinski definition) is 3. The van der Waals surface area contributed by atoms with Gasteiger partial charge in [-0.15, -0.1) is 22.9 Å². The minimum Gasteiger partial charge on any atom is -0.321 e. The van der Waals surface area contributed by atoms with Crippen LogP contribution in [0, 0.1) is 0 Å². The highest BCUT2D eigenvalue weighted by molar-refractivity contribution is 7.07. The molecular formula is C13H13ClN2OS. The van der Waals surface area contributed by atoms with Gasteiger partial charge in [0.2, 0.25) is 0 Å². The largest absolute Gasteiger partial charge is 0.321 e. The molecule has 0 unspecified atom stereocenters. The molecule has 0 saturated heterocycles. The van der Waals surface area contributed by atoms with Crippen molar-refractivity contribution >= 4 is 34.5 Å². The number of amides is 1. The van der Waals surface area contributed by atoms with Gasteiger partial charge in [-0.3, -0.25) is 4.79 Å². The van der Waals surface area contributed by atoms with E-state index in [-0.39, 0.29) is 5.91 Å². The second-order valence-corrected chi connectivity index (χ2v) is 4.92. The van der Waals surface area contributed by atoms with Crippen LogP contribution in [0.15, 0.2) is 35.2 Å². The third-order valence-electron chi connectivity index (χ3n) is 2.45. The lowest BCUT2D eigenvalue weighted by Crippen LogP contribution is -2.12. The van der Waals surface area contributed by atoms with Crippen molar-refractivity contribution in [1.29, 1.82) is 0 Å². The van der Waals surface area contributed by atoms with E-state index in [1.165, 1.54) is 16.9 Å². The lowest BCUT2D eigenvalue weighted by atomic mass is 10.1. The first-order valence-corrected chi connectivity index (χ1v) is 7.12. The first-order valence-electron chi connectivity index (χ1n) is 5.64. The molecule has 0 bridgehead atoms. The SMILES string of the molecule is O=C(Nc1cccc(CCCCl)c1)c1cscn1. The standard InChI is InChI=1S/C13H13ClN2OS/c14-6-2-4-10-3-1-5-11(7-10)16-13(17)12-8-18-9-15-12/h1,3,5,7-9H,2,4,6H2,(H,16,17). The van der Waals surface area contributed by atoms with Crippen LogP contribution < -0.4 is 5.32 Å². The number of alkyl halides is 1. The molecule has 0 spiro atoms. The van der Waals surface area contributed by atoms with Gasteiger partial charge in [-0.2, -0.15) is 0 Å². The molecule has 0 radical (unpaired) electrons. The summed E-state index contributed by atoms with van der Waals surface area (Å²) < 4.78 is 0. The van der Waals surface area contributed by atoms with Crippen molar-refractivity contribution in [3.8, 4) is 0 Å². The number of aryl methyl sites for hydroxylation is 1. The molecule has 1 N–H and O–H groups in total. The molecule has 94 valence electrons. The summed E-state index contributed by atoms with van der Waals surface area (Å²) in [7, 11) is 0. The molecule has 0 aliphatic rings. The molecule has 3 nitrogen and oxygen atoms in total. The number of anilines is 1. The van der Waals surface area contributed by atoms with Crippen LogP contribution in [-0.2, 0) is 6.42 Å². The number of carbonyl (C=O) groups excluding carboxylic acids is 1. The smallest absolute Gasteiger partial charge is 0.275 e. The fourth-order valence-electron chi connectivity index (χ4n) is 1.60. The predicted octanol–water partition coefficient (Wildman–Crippen LogP) is 3.57. The van der Waals surface area contributed by atoms with Gasteiger partial charge in [-0.05, 0) is 30.5 Å². The topological polar surface area (TPSA) is 42.0 Å². The summed E-state index contributed by atoms with van der Waals surface area (Å²) in [4.78, 5) is 15.8. The number of aromatic nitrogens is 1. The average Bonchev–Trinajstić information content (AvgIpc) is 2.91. The Balaban J connectivity index is 2.03. The molecule has 2 rings (SSSR count). The zero-order valence-electron chi connectivity index (χ0n) is 9.73. The van der Waals surface area contributed by atoms with Crippen LogP contribution in [0.2, 0.25) is 0 Å². The van der Waals surface area contributed by atoms with Crippen molar-refractivity contribution in [2.75, 3.05) is 11.2 Å². The van der Waals surface area contributed by atoms with E-state index in [2.05, 4.69) is 10.3 Å². The normalized spacial score (nSPS) is 10.3. The highest BCUT2D eigenvalue weighted by Gasteiger charge is 2.07. The van der Waals surface area contributed by atoms with Gasteiger partial charge in [0.1, 0.15) is 5.69 Å². The summed E-state index contributed by atoms with van der Waals surface area (Å²) in [6, 6.07) is 7.80. The predicted molar refractivity (Wildman–Crippen MR) is 75.6 cm³/mol. The number of halogens is 1. The molecule has 0 aliphatic carbocycles. The van der Waals surface area contributed by atoms with Crippen molar-refractivity contribution in [3.05, 3.63) is 46.4 Å². The van der Waals surface area contributed by atoms with E-state index in [1.807, 2.05) is 24.3 Å². The zero-order valence-corrected chi connectivity index (χ0v) is 11.3. The number of rotatable bonds is 5. The maximum Gasteiger partial charge on any atom is 0.275 e. The van der Waals surface area contributed by atoms with E-state index in [1.54, 1.807) is 10.9 Å². The van der Waals surface area contributed by atoms with E-state index in [9.17, 15) is 4.79 Å². The van der Waals surface area contributed by atoms with E-state index in [0.717, 1.165) is 18.5 Å². The van der Waals surface area contributed by atoms with Gasteiger partial charge in [0.05, 0.1) is 5.51 Å². The third kappa shape index (κ3) is 3.55. The summed E-state index contributed by atoms with van der Waals surface area (Å²) in [5, 5.41) is 4.56. The van der Waals surface area contributed by atoms with Crippen LogP contribution in [0.3, 0.4) is 0 Å². The van der Waals surface area contributed by atoms with Gasteiger partial charge < -0.3 is 5.32 Å². The van der Waals surface area contributed by atoms with E-state index < -0.39 is 0 Å². The molecule has 0 saturated carbocycles. The molecule has 18 heavy (non-hydrogen) atoms. The fraction of sp³-hybridized carbons (Fsp3) is 0.231. The van der Waals surface area contributed by atoms with Crippen LogP contribution in [0.4, 0.5) is 5.69 Å². The molecular weight excluding hydrogens is 268 g/mol. The molecule has 0 atom stereocenters. The maximum atomic E-state index is 11.8. The van der Waals surface area contributed by atoms with Gasteiger partial charge in [0.15, 0.2) is 0 Å². The Morgan fingerprint density at radius 2 is 2.33 bits per heavy atom. The Hall–Kier alpha value is -1.39. The van der Waals surface area contributed by atoms with Crippen LogP contribution in [-0.4, -0.2) is 16.8 Å². The molecule has 5 heteroatoms. The zero-order chi connectivity index (χ0) is 12.8. The van der Waals surface area contributed by atoms with E-state index in [0.29, 0.717) is 11.6 Å². The summed E-state index contributed by atoms with van der Waals surface area (Å²) in [5.74, 6) is 0.473. The van der Waals surface area contributed by atoms with Crippen LogP contribution in [0.5, 0.6) is 0 Å². The molecule has 1 heterocycles. The highest BCUT2D eigenvalue weighted by Crippen LogP contribution is 2.14. The monoisotopic (exact) mass is 280 g/mol. The van der Waals surface area contributed by atoms with E-state index >= 15 is 0 Å². The number of hydrogen-bond donors (Lipinski definition) is 1. The second-order valence-electron chi connectivity index (χ2n) is 3.82. The van der Waals surface area contributed by atoms with Crippen molar-refractivity contribution < 1.29 is 4.79 Å². The van der Waals surface area contributed by atoms with Crippen molar-refractivity contribution in [1.82, 2.24) is 4.98 Å². The summed E-state index contributed by atoms with van der Waals surface area (Å²) in [5.41, 5.74) is 4.06. The summed E-state index contributed by atoms with van der Waals surface area (Å²) in [6.45, 7) is 0. The molecule has 1 amide bonds. The van der Waals surface area contributed by atoms with Gasteiger partial charge >= 0.3 is 0 Å².